The van der Waals surface area contributed by atoms with Crippen LogP contribution in [0.5, 0.6) is 0 Å². The highest BCUT2D eigenvalue weighted by molar-refractivity contribution is 5.97. The highest BCUT2D eigenvalue weighted by Crippen LogP contribution is 2.23. The SMILES string of the molecule is COC(=O)c1ccnc(N(C)CC(C)O)c1N. The number of ether oxygens (including phenoxy) is 1. The second kappa shape index (κ2) is 5.49. The zero-order valence-corrected chi connectivity index (χ0v) is 10.2. The zero-order chi connectivity index (χ0) is 13.0. The number of likely N-dealkylation sites (N-methyl/N-ethyl adjacent to an activating group) is 1. The smallest absolute Gasteiger partial charge is 0.340 e. The summed E-state index contributed by atoms with van der Waals surface area (Å²) in [4.78, 5) is 17.2. The molecule has 0 spiro atoms. The van der Waals surface area contributed by atoms with E-state index in [1.807, 2.05) is 0 Å². The Hall–Kier alpha value is -1.82. The van der Waals surface area contributed by atoms with Gasteiger partial charge in [0.15, 0.2) is 5.82 Å². The number of carbonyl (C=O) groups is 1. The number of hydrogen-bond donors (Lipinski definition) is 2. The lowest BCUT2D eigenvalue weighted by Crippen LogP contribution is -2.28. The highest BCUT2D eigenvalue weighted by Gasteiger charge is 2.16. The molecule has 0 saturated heterocycles. The van der Waals surface area contributed by atoms with Gasteiger partial charge in [0.1, 0.15) is 0 Å². The van der Waals surface area contributed by atoms with Crippen LogP contribution in [0, 0.1) is 0 Å². The normalized spacial score (nSPS) is 12.0. The van der Waals surface area contributed by atoms with Crippen molar-refractivity contribution in [2.75, 3.05) is 31.3 Å². The van der Waals surface area contributed by atoms with E-state index >= 15 is 0 Å². The van der Waals surface area contributed by atoms with E-state index in [0.717, 1.165) is 0 Å². The van der Waals surface area contributed by atoms with Crippen LogP contribution in [0.3, 0.4) is 0 Å². The molecule has 94 valence electrons. The lowest BCUT2D eigenvalue weighted by Gasteiger charge is -2.21. The average Bonchev–Trinajstić information content (AvgIpc) is 2.27. The minimum atomic E-state index is -0.511. The molecule has 1 aromatic heterocycles. The number of hydrogen-bond acceptors (Lipinski definition) is 6. The molecule has 0 aliphatic heterocycles. The van der Waals surface area contributed by atoms with Gasteiger partial charge in [0, 0.05) is 19.8 Å². The molecule has 6 heteroatoms. The van der Waals surface area contributed by atoms with Gasteiger partial charge in [-0.05, 0) is 13.0 Å². The fourth-order valence-corrected chi connectivity index (χ4v) is 1.54. The molecular formula is C11H17N3O3. The van der Waals surface area contributed by atoms with Gasteiger partial charge in [-0.1, -0.05) is 0 Å². The van der Waals surface area contributed by atoms with Crippen LogP contribution in [-0.2, 0) is 4.74 Å². The van der Waals surface area contributed by atoms with E-state index < -0.39 is 12.1 Å². The Morgan fingerprint density at radius 1 is 1.71 bits per heavy atom. The van der Waals surface area contributed by atoms with Gasteiger partial charge in [0.25, 0.3) is 0 Å². The monoisotopic (exact) mass is 239 g/mol. The number of aromatic nitrogens is 1. The molecule has 0 aromatic carbocycles. The predicted octanol–water partition coefficient (Wildman–Crippen LogP) is 0.267. The first-order valence-electron chi connectivity index (χ1n) is 5.19. The Labute approximate surface area is 100 Å². The number of methoxy groups -OCH3 is 1. The Morgan fingerprint density at radius 3 is 2.88 bits per heavy atom. The number of esters is 1. The van der Waals surface area contributed by atoms with Crippen molar-refractivity contribution in [3.8, 4) is 0 Å². The van der Waals surface area contributed by atoms with E-state index in [4.69, 9.17) is 5.73 Å². The summed E-state index contributed by atoms with van der Waals surface area (Å²) in [5.74, 6) is -0.0506. The number of pyridine rings is 1. The third-order valence-corrected chi connectivity index (χ3v) is 2.27. The van der Waals surface area contributed by atoms with E-state index in [-0.39, 0.29) is 11.3 Å². The molecule has 1 atom stereocenters. The molecular weight excluding hydrogens is 222 g/mol. The van der Waals surface area contributed by atoms with Crippen LogP contribution in [-0.4, -0.2) is 42.9 Å². The Balaban J connectivity index is 3.05. The van der Waals surface area contributed by atoms with Crippen molar-refractivity contribution in [1.29, 1.82) is 0 Å². The summed E-state index contributed by atoms with van der Waals surface area (Å²) in [6, 6.07) is 1.50. The van der Waals surface area contributed by atoms with Crippen molar-refractivity contribution in [1.82, 2.24) is 4.98 Å². The summed E-state index contributed by atoms with van der Waals surface area (Å²) in [5, 5.41) is 9.30. The largest absolute Gasteiger partial charge is 0.465 e. The van der Waals surface area contributed by atoms with Crippen molar-refractivity contribution >= 4 is 17.5 Å². The van der Waals surface area contributed by atoms with Crippen molar-refractivity contribution in [2.24, 2.45) is 0 Å². The van der Waals surface area contributed by atoms with Crippen LogP contribution in [0.15, 0.2) is 12.3 Å². The molecule has 0 amide bonds. The number of nitrogens with zero attached hydrogens (tertiary/aromatic N) is 2. The molecule has 3 N–H and O–H groups in total. The van der Waals surface area contributed by atoms with Gasteiger partial charge < -0.3 is 20.5 Å². The highest BCUT2D eigenvalue weighted by atomic mass is 16.5. The lowest BCUT2D eigenvalue weighted by molar-refractivity contribution is 0.0602. The molecule has 1 aromatic rings. The number of nitrogen functional groups attached to an aromatic ring is 1. The minimum absolute atomic E-state index is 0.252. The third kappa shape index (κ3) is 3.07. The summed E-state index contributed by atoms with van der Waals surface area (Å²) < 4.78 is 4.62. The average molecular weight is 239 g/mol. The first kappa shape index (κ1) is 13.2. The van der Waals surface area contributed by atoms with E-state index in [1.54, 1.807) is 18.9 Å². The maximum atomic E-state index is 11.4. The van der Waals surface area contributed by atoms with Crippen molar-refractivity contribution in [2.45, 2.75) is 13.0 Å². The molecule has 17 heavy (non-hydrogen) atoms. The molecule has 6 nitrogen and oxygen atoms in total. The standard InChI is InChI=1S/C11H17N3O3/c1-7(15)6-14(2)10-9(12)8(4-5-13-10)11(16)17-3/h4-5,7,15H,6,12H2,1-3H3. The Morgan fingerprint density at radius 2 is 2.35 bits per heavy atom. The molecule has 0 aliphatic rings. The minimum Gasteiger partial charge on any atom is -0.465 e. The van der Waals surface area contributed by atoms with Gasteiger partial charge >= 0.3 is 5.97 Å². The fraction of sp³-hybridized carbons (Fsp3) is 0.455. The number of nitrogens with two attached hydrogens (primary N) is 1. The number of carbonyl (C=O) groups excluding carboxylic acids is 1. The molecule has 1 unspecified atom stereocenters. The first-order valence-corrected chi connectivity index (χ1v) is 5.19. The molecule has 0 radical (unpaired) electrons. The van der Waals surface area contributed by atoms with Gasteiger partial charge in [0.2, 0.25) is 0 Å². The Kier molecular flexibility index (Phi) is 4.28. The topological polar surface area (TPSA) is 88.7 Å². The quantitative estimate of drug-likeness (QED) is 0.733. The van der Waals surface area contributed by atoms with Crippen LogP contribution in [0.1, 0.15) is 17.3 Å². The van der Waals surface area contributed by atoms with Crippen molar-refractivity contribution < 1.29 is 14.6 Å². The number of rotatable bonds is 4. The summed E-state index contributed by atoms with van der Waals surface area (Å²) >= 11 is 0. The molecule has 0 bridgehead atoms. The van der Waals surface area contributed by atoms with Crippen LogP contribution in [0.4, 0.5) is 11.5 Å². The summed E-state index contributed by atoms with van der Waals surface area (Å²) in [5.41, 5.74) is 6.38. The number of anilines is 2. The molecule has 1 rings (SSSR count). The molecule has 0 fully saturated rings. The molecule has 0 aliphatic carbocycles. The van der Waals surface area contributed by atoms with Gasteiger partial charge in [-0.25, -0.2) is 9.78 Å². The summed E-state index contributed by atoms with van der Waals surface area (Å²) in [6.07, 6.45) is 0.971. The Bertz CT molecular complexity index is 407. The van der Waals surface area contributed by atoms with Gasteiger partial charge in [-0.3, -0.25) is 0 Å². The third-order valence-electron chi connectivity index (χ3n) is 2.27. The van der Waals surface area contributed by atoms with Crippen LogP contribution >= 0.6 is 0 Å². The van der Waals surface area contributed by atoms with E-state index in [9.17, 15) is 9.90 Å². The second-order valence-corrected chi connectivity index (χ2v) is 3.82. The predicted molar refractivity (Wildman–Crippen MR) is 64.9 cm³/mol. The van der Waals surface area contributed by atoms with Crippen molar-refractivity contribution in [3.05, 3.63) is 17.8 Å². The summed E-state index contributed by atoms with van der Waals surface area (Å²) in [6.45, 7) is 2.04. The van der Waals surface area contributed by atoms with Crippen LogP contribution in [0.2, 0.25) is 0 Å². The lowest BCUT2D eigenvalue weighted by atomic mass is 10.2. The van der Waals surface area contributed by atoms with Gasteiger partial charge in [-0.2, -0.15) is 0 Å². The van der Waals surface area contributed by atoms with E-state index in [1.165, 1.54) is 19.4 Å². The van der Waals surface area contributed by atoms with E-state index in [0.29, 0.717) is 12.4 Å². The van der Waals surface area contributed by atoms with Crippen molar-refractivity contribution in [3.63, 3.8) is 0 Å². The number of aliphatic hydroxyl groups is 1. The van der Waals surface area contributed by atoms with E-state index in [2.05, 4.69) is 9.72 Å². The number of aliphatic hydroxyl groups excluding tert-OH is 1. The zero-order valence-electron chi connectivity index (χ0n) is 10.2. The van der Waals surface area contributed by atoms with Gasteiger partial charge in [-0.15, -0.1) is 0 Å². The summed E-state index contributed by atoms with van der Waals surface area (Å²) in [7, 11) is 3.04. The fourth-order valence-electron chi connectivity index (χ4n) is 1.54. The first-order chi connectivity index (χ1) is 7.97. The van der Waals surface area contributed by atoms with Crippen LogP contribution in [0.25, 0.3) is 0 Å². The van der Waals surface area contributed by atoms with Crippen LogP contribution < -0.4 is 10.6 Å². The molecule has 0 saturated carbocycles. The second-order valence-electron chi connectivity index (χ2n) is 3.82. The molecule has 1 heterocycles. The maximum Gasteiger partial charge on any atom is 0.340 e. The maximum absolute atomic E-state index is 11.4. The van der Waals surface area contributed by atoms with Gasteiger partial charge in [0.05, 0.1) is 24.5 Å².